The number of benzene rings is 1. The fourth-order valence-corrected chi connectivity index (χ4v) is 2.75. The van der Waals surface area contributed by atoms with Gasteiger partial charge in [0.25, 0.3) is 5.91 Å². The third-order valence-corrected chi connectivity index (χ3v) is 4.24. The molecule has 1 aromatic heterocycles. The average Bonchev–Trinajstić information content (AvgIpc) is 3.26. The number of rotatable bonds is 7. The van der Waals surface area contributed by atoms with Gasteiger partial charge in [0, 0.05) is 11.4 Å². The lowest BCUT2D eigenvalue weighted by Crippen LogP contribution is -2.25. The molecule has 0 bridgehead atoms. The third kappa shape index (κ3) is 3.73. The van der Waals surface area contributed by atoms with Crippen molar-refractivity contribution in [3.05, 3.63) is 34.3 Å². The van der Waals surface area contributed by atoms with E-state index in [4.69, 9.17) is 14.2 Å². The summed E-state index contributed by atoms with van der Waals surface area (Å²) < 4.78 is 16.4. The minimum absolute atomic E-state index is 0.120. The zero-order valence-corrected chi connectivity index (χ0v) is 13.8. The van der Waals surface area contributed by atoms with Crippen LogP contribution in [-0.2, 0) is 6.61 Å². The van der Waals surface area contributed by atoms with Gasteiger partial charge in [-0.25, -0.2) is 4.98 Å². The number of amides is 1. The molecule has 6 nitrogen and oxygen atoms in total. The van der Waals surface area contributed by atoms with Crippen molar-refractivity contribution in [2.45, 2.75) is 25.5 Å². The van der Waals surface area contributed by atoms with Crippen LogP contribution in [-0.4, -0.2) is 31.2 Å². The summed E-state index contributed by atoms with van der Waals surface area (Å²) in [5, 5.41) is 5.39. The smallest absolute Gasteiger partial charge is 0.270 e. The molecule has 1 aliphatic carbocycles. The van der Waals surface area contributed by atoms with Crippen LogP contribution in [0, 0.1) is 0 Å². The Labute approximate surface area is 138 Å². The lowest BCUT2D eigenvalue weighted by Gasteiger charge is -2.13. The molecule has 1 N–H and O–H groups in total. The van der Waals surface area contributed by atoms with Crippen LogP contribution in [0.3, 0.4) is 0 Å². The Morgan fingerprint density at radius 2 is 2.00 bits per heavy atom. The Hall–Kier alpha value is -2.28. The number of hydrogen-bond donors (Lipinski definition) is 1. The van der Waals surface area contributed by atoms with E-state index in [-0.39, 0.29) is 12.5 Å². The van der Waals surface area contributed by atoms with Crippen molar-refractivity contribution in [3.8, 4) is 17.2 Å². The first-order valence-corrected chi connectivity index (χ1v) is 8.18. The predicted molar refractivity (Wildman–Crippen MR) is 86.5 cm³/mol. The quantitative estimate of drug-likeness (QED) is 0.843. The van der Waals surface area contributed by atoms with Crippen LogP contribution >= 0.6 is 11.3 Å². The van der Waals surface area contributed by atoms with Crippen LogP contribution in [0.2, 0.25) is 0 Å². The summed E-state index contributed by atoms with van der Waals surface area (Å²) in [6, 6.07) is 5.75. The SMILES string of the molecule is COc1cccc(OC)c1OCc1nc(C(=O)NC2CC2)cs1. The molecule has 1 aromatic carbocycles. The van der Waals surface area contributed by atoms with Crippen molar-refractivity contribution in [3.63, 3.8) is 0 Å². The molecule has 1 amide bonds. The molecule has 0 spiro atoms. The van der Waals surface area contributed by atoms with E-state index in [1.54, 1.807) is 31.7 Å². The Kier molecular flexibility index (Phi) is 4.66. The Balaban J connectivity index is 1.66. The van der Waals surface area contributed by atoms with Crippen molar-refractivity contribution in [1.29, 1.82) is 0 Å². The lowest BCUT2D eigenvalue weighted by atomic mass is 10.3. The maximum atomic E-state index is 11.9. The van der Waals surface area contributed by atoms with E-state index in [1.807, 2.05) is 6.07 Å². The summed E-state index contributed by atoms with van der Waals surface area (Å²) in [6.07, 6.45) is 2.11. The van der Waals surface area contributed by atoms with E-state index < -0.39 is 0 Å². The number of thiazole rings is 1. The normalized spacial score (nSPS) is 13.5. The molecule has 2 aromatic rings. The van der Waals surface area contributed by atoms with Gasteiger partial charge in [-0.1, -0.05) is 6.07 Å². The van der Waals surface area contributed by atoms with Gasteiger partial charge in [-0.2, -0.15) is 0 Å². The highest BCUT2D eigenvalue weighted by atomic mass is 32.1. The number of ether oxygens (including phenoxy) is 3. The minimum Gasteiger partial charge on any atom is -0.493 e. The van der Waals surface area contributed by atoms with Crippen LogP contribution < -0.4 is 19.5 Å². The van der Waals surface area contributed by atoms with Gasteiger partial charge in [-0.3, -0.25) is 4.79 Å². The summed E-state index contributed by atoms with van der Waals surface area (Å²) >= 11 is 1.39. The Morgan fingerprint density at radius 1 is 1.30 bits per heavy atom. The maximum Gasteiger partial charge on any atom is 0.270 e. The fourth-order valence-electron chi connectivity index (χ4n) is 2.06. The van der Waals surface area contributed by atoms with Gasteiger partial charge >= 0.3 is 0 Å². The lowest BCUT2D eigenvalue weighted by molar-refractivity contribution is 0.0946. The number of carbonyl (C=O) groups excluding carboxylic acids is 1. The molecule has 1 aliphatic rings. The monoisotopic (exact) mass is 334 g/mol. The third-order valence-electron chi connectivity index (χ3n) is 3.42. The molecule has 1 saturated carbocycles. The number of para-hydroxylation sites is 1. The zero-order valence-electron chi connectivity index (χ0n) is 13.0. The summed E-state index contributed by atoms with van der Waals surface area (Å²) in [5.74, 6) is 1.58. The second-order valence-electron chi connectivity index (χ2n) is 5.15. The van der Waals surface area contributed by atoms with E-state index in [0.717, 1.165) is 17.8 Å². The average molecular weight is 334 g/mol. The topological polar surface area (TPSA) is 69.7 Å². The fraction of sp³-hybridized carbons (Fsp3) is 0.375. The largest absolute Gasteiger partial charge is 0.493 e. The van der Waals surface area contributed by atoms with Gasteiger partial charge in [0.05, 0.1) is 14.2 Å². The highest BCUT2D eigenvalue weighted by Gasteiger charge is 2.24. The van der Waals surface area contributed by atoms with Crippen molar-refractivity contribution < 1.29 is 19.0 Å². The molecule has 3 rings (SSSR count). The molecule has 0 saturated heterocycles. The Morgan fingerprint density at radius 3 is 2.61 bits per heavy atom. The molecule has 1 heterocycles. The molecule has 0 atom stereocenters. The Bertz CT molecular complexity index is 675. The van der Waals surface area contributed by atoms with Crippen LogP contribution in [0.25, 0.3) is 0 Å². The number of methoxy groups -OCH3 is 2. The first-order valence-electron chi connectivity index (χ1n) is 7.30. The number of hydrogen-bond acceptors (Lipinski definition) is 6. The van der Waals surface area contributed by atoms with Crippen LogP contribution in [0.4, 0.5) is 0 Å². The summed E-state index contributed by atoms with van der Waals surface area (Å²) in [6.45, 7) is 0.248. The highest BCUT2D eigenvalue weighted by molar-refractivity contribution is 7.09. The summed E-state index contributed by atoms with van der Waals surface area (Å²) in [7, 11) is 3.15. The van der Waals surface area contributed by atoms with Crippen molar-refractivity contribution in [2.75, 3.05) is 14.2 Å². The number of carbonyl (C=O) groups is 1. The van der Waals surface area contributed by atoms with Gasteiger partial charge in [0.1, 0.15) is 17.3 Å². The predicted octanol–water partition coefficient (Wildman–Crippen LogP) is 2.63. The number of nitrogens with one attached hydrogen (secondary N) is 1. The van der Waals surface area contributed by atoms with Gasteiger partial charge in [-0.15, -0.1) is 11.3 Å². The zero-order chi connectivity index (χ0) is 16.2. The first-order chi connectivity index (χ1) is 11.2. The van der Waals surface area contributed by atoms with E-state index >= 15 is 0 Å². The number of aromatic nitrogens is 1. The molecule has 0 aliphatic heterocycles. The molecular formula is C16H18N2O4S. The van der Waals surface area contributed by atoms with Crippen LogP contribution in [0.15, 0.2) is 23.6 Å². The molecule has 23 heavy (non-hydrogen) atoms. The molecule has 0 unspecified atom stereocenters. The van der Waals surface area contributed by atoms with Crippen LogP contribution in [0.1, 0.15) is 28.3 Å². The van der Waals surface area contributed by atoms with Crippen LogP contribution in [0.5, 0.6) is 17.2 Å². The first kappa shape index (κ1) is 15.6. The van der Waals surface area contributed by atoms with Crippen molar-refractivity contribution in [1.82, 2.24) is 10.3 Å². The standard InChI is InChI=1S/C16H18N2O4S/c1-20-12-4-3-5-13(21-2)15(12)22-8-14-18-11(9-23-14)16(19)17-10-6-7-10/h3-5,9-10H,6-8H2,1-2H3,(H,17,19). The number of nitrogens with zero attached hydrogens (tertiary/aromatic N) is 1. The molecule has 0 radical (unpaired) electrons. The second-order valence-corrected chi connectivity index (χ2v) is 6.10. The van der Waals surface area contributed by atoms with Gasteiger partial charge in [0.2, 0.25) is 5.75 Å². The molecule has 122 valence electrons. The minimum atomic E-state index is -0.120. The maximum absolute atomic E-state index is 11.9. The van der Waals surface area contributed by atoms with E-state index in [1.165, 1.54) is 11.3 Å². The second kappa shape index (κ2) is 6.87. The van der Waals surface area contributed by atoms with Crippen molar-refractivity contribution in [2.24, 2.45) is 0 Å². The van der Waals surface area contributed by atoms with E-state index in [2.05, 4.69) is 10.3 Å². The van der Waals surface area contributed by atoms with E-state index in [9.17, 15) is 4.79 Å². The van der Waals surface area contributed by atoms with Gasteiger partial charge in [-0.05, 0) is 25.0 Å². The molecule has 1 fully saturated rings. The van der Waals surface area contributed by atoms with Gasteiger partial charge < -0.3 is 19.5 Å². The van der Waals surface area contributed by atoms with Gasteiger partial charge in [0.15, 0.2) is 11.5 Å². The molecule has 7 heteroatoms. The van der Waals surface area contributed by atoms with Crippen molar-refractivity contribution >= 4 is 17.2 Å². The highest BCUT2D eigenvalue weighted by Crippen LogP contribution is 2.37. The molecular weight excluding hydrogens is 316 g/mol. The van der Waals surface area contributed by atoms with E-state index in [0.29, 0.717) is 29.0 Å². The summed E-state index contributed by atoms with van der Waals surface area (Å²) in [5.41, 5.74) is 0.437. The summed E-state index contributed by atoms with van der Waals surface area (Å²) in [4.78, 5) is 16.3.